The highest BCUT2D eigenvalue weighted by Crippen LogP contribution is 2.39. The van der Waals surface area contributed by atoms with Crippen molar-refractivity contribution < 1.29 is 28.5 Å². The van der Waals surface area contributed by atoms with E-state index in [1.54, 1.807) is 30.3 Å². The van der Waals surface area contributed by atoms with Gasteiger partial charge in [-0.2, -0.15) is 0 Å². The molecule has 0 amide bonds. The van der Waals surface area contributed by atoms with Gasteiger partial charge in [0.25, 0.3) is 5.56 Å². The summed E-state index contributed by atoms with van der Waals surface area (Å²) >= 11 is 0. The highest BCUT2D eigenvalue weighted by atomic mass is 16.5. The molecular weight excluding hydrogens is 528 g/mol. The topological polar surface area (TPSA) is 120 Å². The van der Waals surface area contributed by atoms with Crippen molar-refractivity contribution in [3.05, 3.63) is 85.8 Å². The number of methoxy groups -OCH3 is 2. The molecule has 0 saturated carbocycles. The van der Waals surface area contributed by atoms with Crippen LogP contribution in [0.1, 0.15) is 61.3 Å². The van der Waals surface area contributed by atoms with E-state index in [0.29, 0.717) is 48.4 Å². The molecular formula is C31H36N2O8. The summed E-state index contributed by atoms with van der Waals surface area (Å²) in [6.45, 7) is 6.27. The molecule has 10 heteroatoms. The lowest BCUT2D eigenvalue weighted by molar-refractivity contribution is -0.140. The Labute approximate surface area is 238 Å². The van der Waals surface area contributed by atoms with Gasteiger partial charge in [-0.25, -0.2) is 0 Å². The number of esters is 1. The summed E-state index contributed by atoms with van der Waals surface area (Å²) in [4.78, 5) is 40.0. The van der Waals surface area contributed by atoms with Gasteiger partial charge >= 0.3 is 5.97 Å². The van der Waals surface area contributed by atoms with E-state index >= 15 is 0 Å². The molecule has 2 bridgehead atoms. The van der Waals surface area contributed by atoms with Gasteiger partial charge in [0.2, 0.25) is 11.2 Å². The maximum absolute atomic E-state index is 13.0. The van der Waals surface area contributed by atoms with Crippen molar-refractivity contribution in [2.45, 2.75) is 57.7 Å². The van der Waals surface area contributed by atoms with Crippen LogP contribution in [0.25, 0.3) is 0 Å². The fraction of sp³-hybridized carbons (Fsp3) is 0.452. The molecule has 41 heavy (non-hydrogen) atoms. The zero-order valence-corrected chi connectivity index (χ0v) is 23.8. The molecule has 2 aromatic heterocycles. The fourth-order valence-corrected chi connectivity index (χ4v) is 6.08. The number of aromatic nitrogens is 1. The number of hydrogen-bond acceptors (Lipinski definition) is 9. The van der Waals surface area contributed by atoms with Gasteiger partial charge in [0.1, 0.15) is 5.76 Å². The molecule has 218 valence electrons. The smallest absolute Gasteiger partial charge is 0.306 e. The van der Waals surface area contributed by atoms with Crippen molar-refractivity contribution in [1.82, 2.24) is 9.47 Å². The monoisotopic (exact) mass is 564 g/mol. The van der Waals surface area contributed by atoms with Gasteiger partial charge in [0, 0.05) is 43.4 Å². The zero-order valence-electron chi connectivity index (χ0n) is 23.8. The van der Waals surface area contributed by atoms with Crippen molar-refractivity contribution in [3.63, 3.8) is 0 Å². The van der Waals surface area contributed by atoms with Crippen LogP contribution in [-0.4, -0.2) is 54.0 Å². The standard InChI is InChI=1S/C31H36N2O8/c1-18(2)40-26-9-8-20(11-27(26)38-3)23(13-29(36)39-4)31-30(37)25(34)12-22(41-31)17-32-14-19-10-21(16-32)24-6-5-7-28(35)33(24)15-19/h5-9,11-12,18-19,21,23,37H,10,13-17H2,1-4H3. The lowest BCUT2D eigenvalue weighted by Gasteiger charge is -2.42. The lowest BCUT2D eigenvalue weighted by atomic mass is 9.83. The zero-order chi connectivity index (χ0) is 29.3. The maximum atomic E-state index is 13.0. The first-order valence-electron chi connectivity index (χ1n) is 13.9. The van der Waals surface area contributed by atoms with Gasteiger partial charge in [0.05, 0.1) is 39.2 Å². The molecule has 4 heterocycles. The first-order valence-corrected chi connectivity index (χ1v) is 13.9. The highest BCUT2D eigenvalue weighted by Gasteiger charge is 2.35. The Balaban J connectivity index is 1.47. The van der Waals surface area contributed by atoms with Gasteiger partial charge in [-0.05, 0) is 49.9 Å². The average Bonchev–Trinajstić information content (AvgIpc) is 2.94. The third-order valence-corrected chi connectivity index (χ3v) is 7.80. The Morgan fingerprint density at radius 2 is 1.88 bits per heavy atom. The summed E-state index contributed by atoms with van der Waals surface area (Å²) in [6.07, 6.45) is 0.760. The molecule has 2 aliphatic rings. The predicted molar refractivity (Wildman–Crippen MR) is 151 cm³/mol. The second-order valence-corrected chi connectivity index (χ2v) is 11.1. The van der Waals surface area contributed by atoms with Crippen LogP contribution < -0.4 is 20.5 Å². The van der Waals surface area contributed by atoms with E-state index in [1.165, 1.54) is 20.3 Å². The van der Waals surface area contributed by atoms with Crippen molar-refractivity contribution in [2.75, 3.05) is 27.3 Å². The molecule has 2 aliphatic heterocycles. The largest absolute Gasteiger partial charge is 0.502 e. The van der Waals surface area contributed by atoms with Crippen LogP contribution in [0.15, 0.2) is 56.5 Å². The number of pyridine rings is 1. The van der Waals surface area contributed by atoms with Crippen LogP contribution in [-0.2, 0) is 22.6 Å². The summed E-state index contributed by atoms with van der Waals surface area (Å²) < 4.78 is 24.4. The molecule has 0 spiro atoms. The van der Waals surface area contributed by atoms with Gasteiger partial charge in [-0.3, -0.25) is 19.3 Å². The van der Waals surface area contributed by atoms with Crippen LogP contribution in [0, 0.1) is 5.92 Å². The van der Waals surface area contributed by atoms with E-state index in [4.69, 9.17) is 18.6 Å². The van der Waals surface area contributed by atoms with E-state index in [0.717, 1.165) is 18.7 Å². The minimum Gasteiger partial charge on any atom is -0.502 e. The Bertz CT molecular complexity index is 1540. The van der Waals surface area contributed by atoms with Crippen LogP contribution >= 0.6 is 0 Å². The highest BCUT2D eigenvalue weighted by molar-refractivity contribution is 5.71. The lowest BCUT2D eigenvalue weighted by Crippen LogP contribution is -2.46. The number of likely N-dealkylation sites (tertiary alicyclic amines) is 1. The van der Waals surface area contributed by atoms with Gasteiger partial charge in [0.15, 0.2) is 17.3 Å². The molecule has 1 N–H and O–H groups in total. The molecule has 1 aromatic carbocycles. The first-order chi connectivity index (χ1) is 19.7. The number of rotatable bonds is 9. The van der Waals surface area contributed by atoms with E-state index in [2.05, 4.69) is 4.90 Å². The van der Waals surface area contributed by atoms with E-state index in [1.807, 2.05) is 24.5 Å². The quantitative estimate of drug-likeness (QED) is 0.389. The minimum absolute atomic E-state index is 0.00779. The third-order valence-electron chi connectivity index (χ3n) is 7.80. The Morgan fingerprint density at radius 3 is 2.61 bits per heavy atom. The number of carbonyl (C=O) groups excluding carboxylic acids is 1. The summed E-state index contributed by atoms with van der Waals surface area (Å²) in [5, 5.41) is 10.9. The number of piperidine rings is 1. The molecule has 3 unspecified atom stereocenters. The summed E-state index contributed by atoms with van der Waals surface area (Å²) in [5.41, 5.74) is 1.06. The summed E-state index contributed by atoms with van der Waals surface area (Å²) in [6, 6.07) is 11.9. The number of hydrogen-bond donors (Lipinski definition) is 1. The second kappa shape index (κ2) is 11.8. The second-order valence-electron chi connectivity index (χ2n) is 11.1. The number of carbonyl (C=O) groups is 1. The summed E-state index contributed by atoms with van der Waals surface area (Å²) in [7, 11) is 2.80. The number of aromatic hydroxyl groups is 1. The molecule has 0 radical (unpaired) electrons. The van der Waals surface area contributed by atoms with Crippen LogP contribution in [0.5, 0.6) is 17.2 Å². The fourth-order valence-electron chi connectivity index (χ4n) is 6.08. The molecule has 0 aliphatic carbocycles. The average molecular weight is 565 g/mol. The Kier molecular flexibility index (Phi) is 8.21. The van der Waals surface area contributed by atoms with E-state index in [-0.39, 0.29) is 29.8 Å². The Hall–Kier alpha value is -4.05. The summed E-state index contributed by atoms with van der Waals surface area (Å²) in [5.74, 6) is -0.0283. The number of benzene rings is 1. The van der Waals surface area contributed by atoms with Gasteiger partial charge < -0.3 is 28.3 Å². The number of nitrogens with zero attached hydrogens (tertiary/aromatic N) is 2. The van der Waals surface area contributed by atoms with Crippen LogP contribution in [0.2, 0.25) is 0 Å². The predicted octanol–water partition coefficient (Wildman–Crippen LogP) is 3.62. The van der Waals surface area contributed by atoms with Crippen LogP contribution in [0.4, 0.5) is 0 Å². The van der Waals surface area contributed by atoms with Crippen molar-refractivity contribution >= 4 is 5.97 Å². The molecule has 3 aromatic rings. The molecule has 10 nitrogen and oxygen atoms in total. The first kappa shape index (κ1) is 28.5. The van der Waals surface area contributed by atoms with Gasteiger partial charge in [-0.15, -0.1) is 0 Å². The molecule has 1 saturated heterocycles. The molecule has 1 fully saturated rings. The number of fused-ring (bicyclic) bond motifs is 4. The van der Waals surface area contributed by atoms with Crippen molar-refractivity contribution in [2.24, 2.45) is 5.92 Å². The van der Waals surface area contributed by atoms with E-state index in [9.17, 15) is 19.5 Å². The van der Waals surface area contributed by atoms with Crippen molar-refractivity contribution in [1.29, 1.82) is 0 Å². The number of ether oxygens (including phenoxy) is 3. The normalized spacial score (nSPS) is 19.0. The SMILES string of the molecule is COC(=O)CC(c1ccc(OC(C)C)c(OC)c1)c1oc(CN2CC3CC(C2)c2cccc(=O)n2C3)cc(=O)c1O. The third kappa shape index (κ3) is 6.02. The molecule has 3 atom stereocenters. The van der Waals surface area contributed by atoms with E-state index < -0.39 is 23.1 Å². The van der Waals surface area contributed by atoms with Gasteiger partial charge in [-0.1, -0.05) is 12.1 Å². The minimum atomic E-state index is -0.809. The van der Waals surface area contributed by atoms with Crippen molar-refractivity contribution in [3.8, 4) is 17.2 Å². The maximum Gasteiger partial charge on any atom is 0.306 e. The van der Waals surface area contributed by atoms with Crippen LogP contribution in [0.3, 0.4) is 0 Å². The Morgan fingerprint density at radius 1 is 1.07 bits per heavy atom. The molecule has 5 rings (SSSR count).